The van der Waals surface area contributed by atoms with E-state index < -0.39 is 22.8 Å². The summed E-state index contributed by atoms with van der Waals surface area (Å²) in [4.78, 5) is 0. The summed E-state index contributed by atoms with van der Waals surface area (Å²) in [7, 11) is 0. The molecular formula is C13H7BrClF3. The van der Waals surface area contributed by atoms with Gasteiger partial charge in [-0.05, 0) is 41.5 Å². The Bertz CT molecular complexity index is 586. The molecule has 0 heterocycles. The number of benzene rings is 2. The molecule has 0 bridgehead atoms. The molecule has 0 aromatic heterocycles. The van der Waals surface area contributed by atoms with Crippen LogP contribution in [-0.4, -0.2) is 0 Å². The van der Waals surface area contributed by atoms with Gasteiger partial charge in [-0.3, -0.25) is 0 Å². The second-order valence-corrected chi connectivity index (χ2v) is 4.99. The third-order valence-electron chi connectivity index (χ3n) is 2.47. The zero-order chi connectivity index (χ0) is 13.3. The lowest BCUT2D eigenvalue weighted by atomic mass is 10.0. The van der Waals surface area contributed by atoms with E-state index in [2.05, 4.69) is 15.9 Å². The molecule has 0 radical (unpaired) electrons. The first-order chi connectivity index (χ1) is 8.49. The van der Waals surface area contributed by atoms with E-state index in [1.807, 2.05) is 0 Å². The van der Waals surface area contributed by atoms with Crippen molar-refractivity contribution in [3.05, 3.63) is 69.4 Å². The molecular weight excluding hydrogens is 328 g/mol. The van der Waals surface area contributed by atoms with Crippen LogP contribution in [0, 0.1) is 17.5 Å². The average Bonchev–Trinajstić information content (AvgIpc) is 2.35. The molecule has 2 rings (SSSR count). The largest absolute Gasteiger partial charge is 0.207 e. The molecule has 0 fully saturated rings. The van der Waals surface area contributed by atoms with Crippen LogP contribution >= 0.6 is 27.5 Å². The Morgan fingerprint density at radius 2 is 1.67 bits per heavy atom. The number of hydrogen-bond acceptors (Lipinski definition) is 0. The van der Waals surface area contributed by atoms with Crippen molar-refractivity contribution in [2.24, 2.45) is 0 Å². The Labute approximate surface area is 116 Å². The third-order valence-corrected chi connectivity index (χ3v) is 3.68. The molecule has 18 heavy (non-hydrogen) atoms. The van der Waals surface area contributed by atoms with Gasteiger partial charge >= 0.3 is 0 Å². The van der Waals surface area contributed by atoms with Gasteiger partial charge in [0.05, 0.1) is 5.38 Å². The summed E-state index contributed by atoms with van der Waals surface area (Å²) in [6.07, 6.45) is 0. The topological polar surface area (TPSA) is 0 Å². The van der Waals surface area contributed by atoms with Crippen LogP contribution < -0.4 is 0 Å². The second kappa shape index (κ2) is 5.33. The Morgan fingerprint density at radius 1 is 0.944 bits per heavy atom. The molecule has 0 aliphatic heterocycles. The molecule has 0 aliphatic rings. The molecule has 0 saturated carbocycles. The zero-order valence-electron chi connectivity index (χ0n) is 8.93. The van der Waals surface area contributed by atoms with Gasteiger partial charge < -0.3 is 0 Å². The van der Waals surface area contributed by atoms with Gasteiger partial charge in [-0.15, -0.1) is 11.6 Å². The highest BCUT2D eigenvalue weighted by atomic mass is 79.9. The Hall–Kier alpha value is -1.00. The predicted octanol–water partition coefficient (Wildman–Crippen LogP) is 5.19. The number of rotatable bonds is 2. The molecule has 0 saturated heterocycles. The van der Waals surface area contributed by atoms with Gasteiger partial charge in [0.1, 0.15) is 5.82 Å². The second-order valence-electron chi connectivity index (χ2n) is 3.70. The van der Waals surface area contributed by atoms with Crippen LogP contribution in [0.1, 0.15) is 16.5 Å². The monoisotopic (exact) mass is 334 g/mol. The van der Waals surface area contributed by atoms with E-state index in [1.54, 1.807) is 0 Å². The van der Waals surface area contributed by atoms with Crippen molar-refractivity contribution in [1.82, 2.24) is 0 Å². The summed E-state index contributed by atoms with van der Waals surface area (Å²) < 4.78 is 39.7. The van der Waals surface area contributed by atoms with Crippen molar-refractivity contribution in [3.8, 4) is 0 Å². The van der Waals surface area contributed by atoms with Crippen LogP contribution in [0.25, 0.3) is 0 Å². The van der Waals surface area contributed by atoms with Gasteiger partial charge in [0.25, 0.3) is 0 Å². The van der Waals surface area contributed by atoms with E-state index in [-0.39, 0.29) is 0 Å². The fraction of sp³-hybridized carbons (Fsp3) is 0.0769. The Kier molecular flexibility index (Phi) is 3.97. The summed E-state index contributed by atoms with van der Waals surface area (Å²) in [6, 6.07) is 7.41. The van der Waals surface area contributed by atoms with Crippen LogP contribution in [0.4, 0.5) is 13.2 Å². The molecule has 0 N–H and O–H groups in total. The summed E-state index contributed by atoms with van der Waals surface area (Å²) in [5.74, 6) is -2.37. The van der Waals surface area contributed by atoms with Gasteiger partial charge in [-0.2, -0.15) is 0 Å². The SMILES string of the molecule is Fc1ccc(Br)c(C(Cl)c2ccc(F)c(F)c2)c1. The van der Waals surface area contributed by atoms with Gasteiger partial charge in [-0.1, -0.05) is 22.0 Å². The summed E-state index contributed by atoms with van der Waals surface area (Å²) in [6.45, 7) is 0. The fourth-order valence-corrected chi connectivity index (χ4v) is 2.48. The Morgan fingerprint density at radius 3 is 2.33 bits per heavy atom. The Balaban J connectivity index is 2.44. The maximum Gasteiger partial charge on any atom is 0.159 e. The van der Waals surface area contributed by atoms with E-state index in [0.717, 1.165) is 12.1 Å². The van der Waals surface area contributed by atoms with E-state index in [0.29, 0.717) is 15.6 Å². The van der Waals surface area contributed by atoms with E-state index >= 15 is 0 Å². The lowest BCUT2D eigenvalue weighted by Crippen LogP contribution is -1.97. The molecule has 0 nitrogen and oxygen atoms in total. The molecule has 0 aliphatic carbocycles. The van der Waals surface area contributed by atoms with E-state index in [9.17, 15) is 13.2 Å². The standard InChI is InChI=1S/C13H7BrClF3/c14-10-3-2-8(16)6-9(10)13(15)7-1-4-11(17)12(18)5-7/h1-6,13H. The summed E-state index contributed by atoms with van der Waals surface area (Å²) in [5.41, 5.74) is 0.824. The van der Waals surface area contributed by atoms with Crippen molar-refractivity contribution < 1.29 is 13.2 Å². The van der Waals surface area contributed by atoms with Gasteiger partial charge in [0.2, 0.25) is 0 Å². The van der Waals surface area contributed by atoms with Crippen LogP contribution in [0.2, 0.25) is 0 Å². The molecule has 94 valence electrons. The van der Waals surface area contributed by atoms with Crippen molar-refractivity contribution in [2.75, 3.05) is 0 Å². The quantitative estimate of drug-likeness (QED) is 0.662. The lowest BCUT2D eigenvalue weighted by molar-refractivity contribution is 0.507. The van der Waals surface area contributed by atoms with Crippen molar-refractivity contribution >= 4 is 27.5 Å². The number of halogens is 5. The van der Waals surface area contributed by atoms with E-state index in [4.69, 9.17) is 11.6 Å². The van der Waals surface area contributed by atoms with Crippen molar-refractivity contribution in [3.63, 3.8) is 0 Å². The highest BCUT2D eigenvalue weighted by Gasteiger charge is 2.16. The minimum Gasteiger partial charge on any atom is -0.207 e. The number of alkyl halides is 1. The predicted molar refractivity (Wildman–Crippen MR) is 68.2 cm³/mol. The van der Waals surface area contributed by atoms with Crippen molar-refractivity contribution in [1.29, 1.82) is 0 Å². The molecule has 0 amide bonds. The molecule has 0 spiro atoms. The molecule has 1 atom stereocenters. The lowest BCUT2D eigenvalue weighted by Gasteiger charge is -2.12. The minimum atomic E-state index is -0.981. The third kappa shape index (κ3) is 2.70. The number of hydrogen-bond donors (Lipinski definition) is 0. The first-order valence-electron chi connectivity index (χ1n) is 5.03. The van der Waals surface area contributed by atoms with Crippen LogP contribution in [0.15, 0.2) is 40.9 Å². The average molecular weight is 336 g/mol. The van der Waals surface area contributed by atoms with Gasteiger partial charge in [0.15, 0.2) is 11.6 Å². The fourth-order valence-electron chi connectivity index (χ4n) is 1.56. The highest BCUT2D eigenvalue weighted by Crippen LogP contribution is 2.34. The van der Waals surface area contributed by atoms with Crippen LogP contribution in [0.5, 0.6) is 0 Å². The van der Waals surface area contributed by atoms with Crippen molar-refractivity contribution in [2.45, 2.75) is 5.38 Å². The maximum atomic E-state index is 13.2. The maximum absolute atomic E-state index is 13.2. The van der Waals surface area contributed by atoms with Crippen LogP contribution in [0.3, 0.4) is 0 Å². The highest BCUT2D eigenvalue weighted by molar-refractivity contribution is 9.10. The van der Waals surface area contributed by atoms with Crippen LogP contribution in [-0.2, 0) is 0 Å². The first-order valence-corrected chi connectivity index (χ1v) is 6.26. The smallest absolute Gasteiger partial charge is 0.159 e. The zero-order valence-corrected chi connectivity index (χ0v) is 11.3. The molecule has 2 aromatic carbocycles. The van der Waals surface area contributed by atoms with Gasteiger partial charge in [-0.25, -0.2) is 13.2 Å². The minimum absolute atomic E-state index is 0.363. The molecule has 2 aromatic rings. The summed E-state index contributed by atoms with van der Waals surface area (Å²) in [5, 5.41) is -0.759. The van der Waals surface area contributed by atoms with E-state index in [1.165, 1.54) is 24.3 Å². The first kappa shape index (κ1) is 13.4. The molecule has 1 unspecified atom stereocenters. The normalized spacial score (nSPS) is 12.5. The molecule has 5 heteroatoms. The van der Waals surface area contributed by atoms with Gasteiger partial charge in [0, 0.05) is 4.47 Å². The summed E-state index contributed by atoms with van der Waals surface area (Å²) >= 11 is 9.39.